The molecule has 1 amide bonds. The van der Waals surface area contributed by atoms with Gasteiger partial charge in [-0.05, 0) is 25.2 Å². The molecule has 0 spiro atoms. The van der Waals surface area contributed by atoms with Crippen LogP contribution in [0.25, 0.3) is 0 Å². The van der Waals surface area contributed by atoms with Crippen molar-refractivity contribution < 1.29 is 14.6 Å². The average molecular weight is 213 g/mol. The molecule has 2 atom stereocenters. The lowest BCUT2D eigenvalue weighted by atomic mass is 10.0. The van der Waals surface area contributed by atoms with E-state index in [0.29, 0.717) is 19.1 Å². The van der Waals surface area contributed by atoms with Crippen molar-refractivity contribution in [2.45, 2.75) is 32.3 Å². The molecular formula is C11H19NO3. The Labute approximate surface area is 90.0 Å². The van der Waals surface area contributed by atoms with Gasteiger partial charge in [0.25, 0.3) is 0 Å². The lowest BCUT2D eigenvalue weighted by Crippen LogP contribution is -2.40. The molecule has 2 N–H and O–H groups in total. The third kappa shape index (κ3) is 2.32. The lowest BCUT2D eigenvalue weighted by Gasteiger charge is -2.17. The van der Waals surface area contributed by atoms with E-state index >= 15 is 0 Å². The van der Waals surface area contributed by atoms with E-state index in [1.807, 2.05) is 6.92 Å². The number of nitrogens with one attached hydrogen (secondary N) is 1. The molecule has 0 bridgehead atoms. The molecule has 1 saturated heterocycles. The van der Waals surface area contributed by atoms with Crippen molar-refractivity contribution in [1.29, 1.82) is 0 Å². The Balaban J connectivity index is 1.77. The Kier molecular flexibility index (Phi) is 2.98. The molecule has 1 saturated carbocycles. The molecule has 86 valence electrons. The number of aliphatic hydroxyl groups excluding tert-OH is 1. The van der Waals surface area contributed by atoms with Crippen LogP contribution in [0.3, 0.4) is 0 Å². The summed E-state index contributed by atoms with van der Waals surface area (Å²) in [5.74, 6) is 0.300. The first-order valence-corrected chi connectivity index (χ1v) is 5.67. The van der Waals surface area contributed by atoms with E-state index in [0.717, 1.165) is 19.3 Å². The number of ether oxygens (including phenoxy) is 1. The Hall–Kier alpha value is -0.610. The molecule has 4 heteroatoms. The predicted octanol–water partition coefficient (Wildman–Crippen LogP) is 0.300. The highest BCUT2D eigenvalue weighted by molar-refractivity contribution is 5.81. The van der Waals surface area contributed by atoms with Crippen molar-refractivity contribution in [1.82, 2.24) is 5.32 Å². The topological polar surface area (TPSA) is 58.6 Å². The number of amides is 1. The Bertz CT molecular complexity index is 250. The summed E-state index contributed by atoms with van der Waals surface area (Å²) in [5, 5.41) is 12.0. The van der Waals surface area contributed by atoms with Gasteiger partial charge in [-0.15, -0.1) is 0 Å². The molecule has 2 aliphatic rings. The highest BCUT2D eigenvalue weighted by Crippen LogP contribution is 2.44. The van der Waals surface area contributed by atoms with Crippen LogP contribution in [-0.2, 0) is 9.53 Å². The minimum Gasteiger partial charge on any atom is -0.396 e. The maximum atomic E-state index is 11.7. The summed E-state index contributed by atoms with van der Waals surface area (Å²) in [6.07, 6.45) is 2.72. The molecule has 0 aromatic heterocycles. The molecule has 0 aromatic carbocycles. The molecule has 2 unspecified atom stereocenters. The molecule has 2 rings (SSSR count). The number of carbonyl (C=O) groups excluding carboxylic acids is 1. The fourth-order valence-corrected chi connectivity index (χ4v) is 1.97. The minimum absolute atomic E-state index is 0.0141. The quantitative estimate of drug-likeness (QED) is 0.706. The SMILES string of the molecule is CC1CCOC1C(=O)NCC1(CO)CC1. The van der Waals surface area contributed by atoms with Crippen molar-refractivity contribution in [3.05, 3.63) is 0 Å². The first-order chi connectivity index (χ1) is 7.17. The summed E-state index contributed by atoms with van der Waals surface area (Å²) >= 11 is 0. The van der Waals surface area contributed by atoms with Crippen LogP contribution in [0, 0.1) is 11.3 Å². The van der Waals surface area contributed by atoms with Gasteiger partial charge >= 0.3 is 0 Å². The molecule has 1 aliphatic heterocycles. The molecular weight excluding hydrogens is 194 g/mol. The molecule has 1 heterocycles. The summed E-state index contributed by atoms with van der Waals surface area (Å²) in [7, 11) is 0. The first kappa shape index (κ1) is 10.9. The lowest BCUT2D eigenvalue weighted by molar-refractivity contribution is -0.131. The second kappa shape index (κ2) is 4.10. The summed E-state index contributed by atoms with van der Waals surface area (Å²) in [5.41, 5.74) is -0.0164. The van der Waals surface area contributed by atoms with Gasteiger partial charge in [-0.3, -0.25) is 4.79 Å². The van der Waals surface area contributed by atoms with E-state index in [2.05, 4.69) is 5.32 Å². The smallest absolute Gasteiger partial charge is 0.249 e. The Morgan fingerprint density at radius 3 is 2.80 bits per heavy atom. The highest BCUT2D eigenvalue weighted by Gasteiger charge is 2.43. The van der Waals surface area contributed by atoms with E-state index in [9.17, 15) is 4.79 Å². The Morgan fingerprint density at radius 1 is 1.60 bits per heavy atom. The van der Waals surface area contributed by atoms with Gasteiger partial charge in [-0.2, -0.15) is 0 Å². The van der Waals surface area contributed by atoms with Crippen LogP contribution >= 0.6 is 0 Å². The van der Waals surface area contributed by atoms with Crippen molar-refractivity contribution in [2.75, 3.05) is 19.8 Å². The molecule has 2 fully saturated rings. The molecule has 1 aliphatic carbocycles. The maximum Gasteiger partial charge on any atom is 0.249 e. The zero-order chi connectivity index (χ0) is 10.9. The highest BCUT2D eigenvalue weighted by atomic mass is 16.5. The molecule has 4 nitrogen and oxygen atoms in total. The summed E-state index contributed by atoms with van der Waals surface area (Å²) in [6.45, 7) is 3.49. The van der Waals surface area contributed by atoms with Gasteiger partial charge in [-0.1, -0.05) is 6.92 Å². The summed E-state index contributed by atoms with van der Waals surface area (Å²) in [4.78, 5) is 11.7. The summed E-state index contributed by atoms with van der Waals surface area (Å²) in [6, 6.07) is 0. The average Bonchev–Trinajstić information content (AvgIpc) is 2.91. The fraction of sp³-hybridized carbons (Fsp3) is 0.909. The van der Waals surface area contributed by atoms with Gasteiger partial charge in [-0.25, -0.2) is 0 Å². The van der Waals surface area contributed by atoms with Crippen LogP contribution in [-0.4, -0.2) is 36.9 Å². The fourth-order valence-electron chi connectivity index (χ4n) is 1.97. The third-order valence-corrected chi connectivity index (χ3v) is 3.58. The van der Waals surface area contributed by atoms with Gasteiger partial charge in [0.15, 0.2) is 0 Å². The standard InChI is InChI=1S/C11H19NO3/c1-8-2-5-15-9(8)10(14)12-6-11(7-13)3-4-11/h8-9,13H,2-7H2,1H3,(H,12,14). The van der Waals surface area contributed by atoms with Gasteiger partial charge in [0.2, 0.25) is 5.91 Å². The monoisotopic (exact) mass is 213 g/mol. The molecule has 0 radical (unpaired) electrons. The van der Waals surface area contributed by atoms with Gasteiger partial charge < -0.3 is 15.2 Å². The predicted molar refractivity (Wildman–Crippen MR) is 55.3 cm³/mol. The number of hydrogen-bond donors (Lipinski definition) is 2. The van der Waals surface area contributed by atoms with Gasteiger partial charge in [0, 0.05) is 18.6 Å². The number of aliphatic hydroxyl groups is 1. The number of hydrogen-bond acceptors (Lipinski definition) is 3. The van der Waals surface area contributed by atoms with Crippen LogP contribution < -0.4 is 5.32 Å². The minimum atomic E-state index is -0.278. The second-order valence-electron chi connectivity index (χ2n) is 4.93. The molecule has 15 heavy (non-hydrogen) atoms. The normalized spacial score (nSPS) is 32.7. The van der Waals surface area contributed by atoms with Crippen LogP contribution in [0.1, 0.15) is 26.2 Å². The van der Waals surface area contributed by atoms with Crippen LogP contribution in [0.5, 0.6) is 0 Å². The van der Waals surface area contributed by atoms with Crippen LogP contribution in [0.2, 0.25) is 0 Å². The van der Waals surface area contributed by atoms with Gasteiger partial charge in [0.1, 0.15) is 6.10 Å². The maximum absolute atomic E-state index is 11.7. The first-order valence-electron chi connectivity index (χ1n) is 5.67. The van der Waals surface area contributed by atoms with Crippen molar-refractivity contribution in [3.63, 3.8) is 0 Å². The summed E-state index contributed by atoms with van der Waals surface area (Å²) < 4.78 is 5.37. The van der Waals surface area contributed by atoms with Crippen molar-refractivity contribution in [3.8, 4) is 0 Å². The number of carbonyl (C=O) groups is 1. The van der Waals surface area contributed by atoms with E-state index in [4.69, 9.17) is 9.84 Å². The van der Waals surface area contributed by atoms with Gasteiger partial charge in [0.05, 0.1) is 6.61 Å². The van der Waals surface area contributed by atoms with Crippen LogP contribution in [0.15, 0.2) is 0 Å². The zero-order valence-corrected chi connectivity index (χ0v) is 9.16. The largest absolute Gasteiger partial charge is 0.396 e. The van der Waals surface area contributed by atoms with E-state index in [1.54, 1.807) is 0 Å². The Morgan fingerprint density at radius 2 is 2.33 bits per heavy atom. The second-order valence-corrected chi connectivity index (χ2v) is 4.93. The van der Waals surface area contributed by atoms with E-state index in [1.165, 1.54) is 0 Å². The zero-order valence-electron chi connectivity index (χ0n) is 9.16. The van der Waals surface area contributed by atoms with Crippen molar-refractivity contribution >= 4 is 5.91 Å². The van der Waals surface area contributed by atoms with E-state index in [-0.39, 0.29) is 24.0 Å². The van der Waals surface area contributed by atoms with E-state index < -0.39 is 0 Å². The number of rotatable bonds is 4. The van der Waals surface area contributed by atoms with Crippen LogP contribution in [0.4, 0.5) is 0 Å². The molecule has 0 aromatic rings. The third-order valence-electron chi connectivity index (χ3n) is 3.58. The van der Waals surface area contributed by atoms with Crippen molar-refractivity contribution in [2.24, 2.45) is 11.3 Å².